The predicted molar refractivity (Wildman–Crippen MR) is 139 cm³/mol. The molecule has 1 aliphatic rings. The van der Waals surface area contributed by atoms with Crippen molar-refractivity contribution >= 4 is 17.5 Å². The third kappa shape index (κ3) is 7.04. The SMILES string of the molecule is CCCC(=O)Nc1ccc2c(c1)OC[C@@H](C)N(Cc1ccccc1F)C[C@H](C)[C@@H](OC)CN(C)C2=O. The molecule has 0 spiro atoms. The van der Waals surface area contributed by atoms with Crippen LogP contribution in [0.4, 0.5) is 10.1 Å². The molecule has 0 radical (unpaired) electrons. The number of benzene rings is 2. The van der Waals surface area contributed by atoms with Crippen LogP contribution < -0.4 is 10.1 Å². The first-order valence-electron chi connectivity index (χ1n) is 12.6. The number of carbonyl (C=O) groups excluding carboxylic acids is 2. The van der Waals surface area contributed by atoms with E-state index in [1.54, 1.807) is 49.4 Å². The molecule has 1 N–H and O–H groups in total. The molecule has 1 heterocycles. The molecule has 3 rings (SSSR count). The van der Waals surface area contributed by atoms with E-state index in [1.165, 1.54) is 6.07 Å². The summed E-state index contributed by atoms with van der Waals surface area (Å²) in [5.41, 5.74) is 1.61. The average Bonchev–Trinajstić information content (AvgIpc) is 2.85. The van der Waals surface area contributed by atoms with Gasteiger partial charge in [-0.3, -0.25) is 14.5 Å². The van der Waals surface area contributed by atoms with Gasteiger partial charge in [-0.05, 0) is 37.5 Å². The molecule has 1 aliphatic heterocycles. The second kappa shape index (κ2) is 12.8. The van der Waals surface area contributed by atoms with Crippen molar-refractivity contribution in [3.63, 3.8) is 0 Å². The maximum Gasteiger partial charge on any atom is 0.257 e. The molecule has 2 aromatic rings. The number of anilines is 1. The van der Waals surface area contributed by atoms with Gasteiger partial charge in [0.25, 0.3) is 5.91 Å². The molecule has 7 nitrogen and oxygen atoms in total. The molecule has 8 heteroatoms. The van der Waals surface area contributed by atoms with Crippen LogP contribution in [0.3, 0.4) is 0 Å². The zero-order chi connectivity index (χ0) is 26.2. The van der Waals surface area contributed by atoms with E-state index >= 15 is 0 Å². The summed E-state index contributed by atoms with van der Waals surface area (Å²) < 4.78 is 26.5. The highest BCUT2D eigenvalue weighted by Crippen LogP contribution is 2.27. The van der Waals surface area contributed by atoms with Crippen LogP contribution in [0.5, 0.6) is 5.75 Å². The van der Waals surface area contributed by atoms with Crippen LogP contribution >= 0.6 is 0 Å². The lowest BCUT2D eigenvalue weighted by atomic mass is 10.0. The van der Waals surface area contributed by atoms with Crippen LogP contribution in [-0.4, -0.2) is 67.6 Å². The van der Waals surface area contributed by atoms with Crippen LogP contribution in [0.15, 0.2) is 42.5 Å². The van der Waals surface area contributed by atoms with Gasteiger partial charge in [0, 0.05) is 63.6 Å². The quantitative estimate of drug-likeness (QED) is 0.631. The van der Waals surface area contributed by atoms with Crippen molar-refractivity contribution in [1.29, 1.82) is 0 Å². The van der Waals surface area contributed by atoms with Gasteiger partial charge in [-0.2, -0.15) is 0 Å². The number of hydrogen-bond acceptors (Lipinski definition) is 5. The van der Waals surface area contributed by atoms with Gasteiger partial charge in [-0.15, -0.1) is 0 Å². The minimum absolute atomic E-state index is 0.0783. The first-order valence-corrected chi connectivity index (χ1v) is 12.6. The molecule has 0 saturated carbocycles. The minimum atomic E-state index is -0.240. The molecule has 0 fully saturated rings. The van der Waals surface area contributed by atoms with E-state index in [1.807, 2.05) is 19.9 Å². The predicted octanol–water partition coefficient (Wildman–Crippen LogP) is 4.57. The number of methoxy groups -OCH3 is 1. The van der Waals surface area contributed by atoms with E-state index in [9.17, 15) is 14.0 Å². The maximum atomic E-state index is 14.5. The normalized spacial score (nSPS) is 21.7. The van der Waals surface area contributed by atoms with Crippen LogP contribution in [0.25, 0.3) is 0 Å². The van der Waals surface area contributed by atoms with Gasteiger partial charge in [-0.25, -0.2) is 4.39 Å². The van der Waals surface area contributed by atoms with Gasteiger partial charge in [0.1, 0.15) is 18.2 Å². The Balaban J connectivity index is 1.94. The van der Waals surface area contributed by atoms with Crippen molar-refractivity contribution in [3.05, 3.63) is 59.4 Å². The summed E-state index contributed by atoms with van der Waals surface area (Å²) >= 11 is 0. The lowest BCUT2D eigenvalue weighted by Gasteiger charge is -2.36. The van der Waals surface area contributed by atoms with Gasteiger partial charge in [0.05, 0.1) is 11.7 Å². The van der Waals surface area contributed by atoms with Crippen molar-refractivity contribution in [1.82, 2.24) is 9.80 Å². The second-order valence-corrected chi connectivity index (χ2v) is 9.63. The van der Waals surface area contributed by atoms with Gasteiger partial charge in [0.15, 0.2) is 0 Å². The molecular weight excluding hydrogens is 461 g/mol. The largest absolute Gasteiger partial charge is 0.491 e. The van der Waals surface area contributed by atoms with E-state index in [4.69, 9.17) is 9.47 Å². The number of likely N-dealkylation sites (N-methyl/N-ethyl adjacent to an activating group) is 1. The first-order chi connectivity index (χ1) is 17.2. The molecule has 36 heavy (non-hydrogen) atoms. The number of amides is 2. The molecule has 0 unspecified atom stereocenters. The fraction of sp³-hybridized carbons (Fsp3) is 0.500. The van der Waals surface area contributed by atoms with E-state index in [-0.39, 0.29) is 42.3 Å². The highest BCUT2D eigenvalue weighted by molar-refractivity contribution is 5.98. The summed E-state index contributed by atoms with van der Waals surface area (Å²) in [6, 6.07) is 11.8. The Hall–Kier alpha value is -2.97. The monoisotopic (exact) mass is 499 g/mol. The molecule has 2 amide bonds. The smallest absolute Gasteiger partial charge is 0.257 e. The Bertz CT molecular complexity index is 1050. The molecule has 0 aromatic heterocycles. The number of hydrogen-bond donors (Lipinski definition) is 1. The Morgan fingerprint density at radius 3 is 2.64 bits per heavy atom. The zero-order valence-electron chi connectivity index (χ0n) is 21.9. The van der Waals surface area contributed by atoms with Crippen molar-refractivity contribution in [3.8, 4) is 5.75 Å². The Kier molecular flexibility index (Phi) is 9.84. The van der Waals surface area contributed by atoms with Crippen LogP contribution in [0.1, 0.15) is 49.5 Å². The van der Waals surface area contributed by atoms with E-state index in [0.29, 0.717) is 48.6 Å². The summed E-state index contributed by atoms with van der Waals surface area (Å²) in [5.74, 6) is -0.0238. The van der Waals surface area contributed by atoms with Crippen molar-refractivity contribution in [2.75, 3.05) is 39.2 Å². The number of nitrogens with one attached hydrogen (secondary N) is 1. The first kappa shape index (κ1) is 27.6. The Morgan fingerprint density at radius 2 is 1.94 bits per heavy atom. The molecule has 3 atom stereocenters. The molecular formula is C28H38FN3O4. The van der Waals surface area contributed by atoms with Gasteiger partial charge in [0.2, 0.25) is 5.91 Å². The van der Waals surface area contributed by atoms with Crippen LogP contribution in [-0.2, 0) is 16.1 Å². The van der Waals surface area contributed by atoms with Crippen LogP contribution in [0, 0.1) is 11.7 Å². The van der Waals surface area contributed by atoms with Crippen molar-refractivity contribution < 1.29 is 23.5 Å². The third-order valence-corrected chi connectivity index (χ3v) is 6.67. The lowest BCUT2D eigenvalue weighted by Crippen LogP contribution is -2.46. The van der Waals surface area contributed by atoms with E-state index in [2.05, 4.69) is 17.1 Å². The Labute approximate surface area is 213 Å². The maximum absolute atomic E-state index is 14.5. The summed E-state index contributed by atoms with van der Waals surface area (Å²) in [5, 5.41) is 2.87. The fourth-order valence-corrected chi connectivity index (χ4v) is 4.44. The lowest BCUT2D eigenvalue weighted by molar-refractivity contribution is -0.116. The number of carbonyl (C=O) groups is 2. The van der Waals surface area contributed by atoms with E-state index in [0.717, 1.165) is 6.42 Å². The number of rotatable bonds is 6. The van der Waals surface area contributed by atoms with E-state index < -0.39 is 0 Å². The number of nitrogens with zero attached hydrogens (tertiary/aromatic N) is 2. The second-order valence-electron chi connectivity index (χ2n) is 9.63. The Morgan fingerprint density at radius 1 is 1.19 bits per heavy atom. The fourth-order valence-electron chi connectivity index (χ4n) is 4.44. The summed E-state index contributed by atoms with van der Waals surface area (Å²) in [6.07, 6.45) is 0.953. The minimum Gasteiger partial charge on any atom is -0.491 e. The molecule has 0 saturated heterocycles. The molecule has 0 aliphatic carbocycles. The number of halogens is 1. The van der Waals surface area contributed by atoms with Gasteiger partial charge in [-0.1, -0.05) is 32.0 Å². The average molecular weight is 500 g/mol. The number of ether oxygens (including phenoxy) is 2. The zero-order valence-corrected chi connectivity index (χ0v) is 21.9. The van der Waals surface area contributed by atoms with Crippen molar-refractivity contribution in [2.45, 2.75) is 52.3 Å². The summed E-state index contributed by atoms with van der Waals surface area (Å²) in [6.45, 7) is 7.80. The highest BCUT2D eigenvalue weighted by Gasteiger charge is 2.28. The number of fused-ring (bicyclic) bond motifs is 1. The third-order valence-electron chi connectivity index (χ3n) is 6.67. The van der Waals surface area contributed by atoms with Gasteiger partial charge < -0.3 is 19.7 Å². The van der Waals surface area contributed by atoms with Gasteiger partial charge >= 0.3 is 0 Å². The standard InChI is InChI=1S/C28H38FN3O4/c1-6-9-27(33)30-22-12-13-23-25(14-22)36-18-20(3)32(16-21-10-7-8-11-24(21)29)15-19(2)26(35-5)17-31(4)28(23)34/h7-8,10-14,19-20,26H,6,9,15-18H2,1-5H3,(H,30,33)/t19-,20+,26-/m0/s1. The molecule has 196 valence electrons. The molecule has 2 aromatic carbocycles. The summed E-state index contributed by atoms with van der Waals surface area (Å²) in [4.78, 5) is 29.3. The topological polar surface area (TPSA) is 71.1 Å². The summed E-state index contributed by atoms with van der Waals surface area (Å²) in [7, 11) is 3.39. The van der Waals surface area contributed by atoms with Crippen LogP contribution in [0.2, 0.25) is 0 Å². The van der Waals surface area contributed by atoms with Crippen molar-refractivity contribution in [2.24, 2.45) is 5.92 Å². The molecule has 0 bridgehead atoms. The highest BCUT2D eigenvalue weighted by atomic mass is 19.1.